The molecule has 20 nitrogen and oxygen atoms in total. The number of rotatable bonds is 4. The Labute approximate surface area is 534 Å². The second-order valence-corrected chi connectivity index (χ2v) is 33.9. The predicted molar refractivity (Wildman–Crippen MR) is 352 cm³/mol. The van der Waals surface area contributed by atoms with Gasteiger partial charge >= 0.3 is 27.3 Å². The lowest BCUT2D eigenvalue weighted by atomic mass is 9.66. The SMILES string of the molecule is CC(C)(C)C(/C(N)=N/O)C(C)(C)C.CC(C)(C)C(C#N)C(C)(C)C.CC(C)(C)C(C1=NS(=O)ON1)C(C)(C)C.CC(C)(C)C(c1nc(=S)o[nH]1)C(C)(C)C.CC(C)(C)C(c1noc(=O)[nH]1)C(C)(C)C.COC(=O)Cl.NO.O=S(Cl)Cl.[2H]C([3H])I. The summed E-state index contributed by atoms with van der Waals surface area (Å²) in [6.45, 7) is 64.2. The van der Waals surface area contributed by atoms with E-state index in [4.69, 9.17) is 49.4 Å². The molecular weight excluding hydrogens is 1290 g/mol. The van der Waals surface area contributed by atoms with Crippen LogP contribution in [-0.2, 0) is 29.5 Å². The molecule has 2 atom stereocenters. The van der Waals surface area contributed by atoms with Crippen LogP contribution >= 0.6 is 67.8 Å². The molecule has 3 heterocycles. The van der Waals surface area contributed by atoms with Gasteiger partial charge in [-0.15, -0.1) is 4.40 Å². The number of hydrogen-bond acceptors (Lipinski definition) is 17. The van der Waals surface area contributed by atoms with Crippen LogP contribution in [0.2, 0.25) is 0 Å². The van der Waals surface area contributed by atoms with Gasteiger partial charge < -0.3 is 25.4 Å². The molecule has 0 aliphatic carbocycles. The van der Waals surface area contributed by atoms with Crippen molar-refractivity contribution in [2.24, 2.45) is 93.1 Å². The molecule has 2 aromatic heterocycles. The molecule has 3 rings (SSSR count). The van der Waals surface area contributed by atoms with Crippen LogP contribution in [0.5, 0.6) is 0 Å². The number of methoxy groups -OCH3 is 1. The second-order valence-electron chi connectivity index (χ2n) is 29.9. The summed E-state index contributed by atoms with van der Waals surface area (Å²) in [6, 6.07) is 2.38. The zero-order valence-electron chi connectivity index (χ0n) is 57.3. The summed E-state index contributed by atoms with van der Waals surface area (Å²) < 4.78 is 54.8. The molecule has 0 saturated carbocycles. The number of carbonyl (C=O) groups excluding carboxylic acids is 1. The third-order valence-electron chi connectivity index (χ3n) is 11.5. The van der Waals surface area contributed by atoms with Crippen molar-refractivity contribution in [1.82, 2.24) is 25.8 Å². The number of aromatic nitrogens is 4. The van der Waals surface area contributed by atoms with Crippen molar-refractivity contribution >= 4 is 105 Å². The van der Waals surface area contributed by atoms with Gasteiger partial charge in [0.15, 0.2) is 5.82 Å². The van der Waals surface area contributed by atoms with Crippen molar-refractivity contribution in [3.8, 4) is 6.07 Å². The molecule has 1 aliphatic rings. The molecule has 82 heavy (non-hydrogen) atoms. The number of aromatic amines is 2. The summed E-state index contributed by atoms with van der Waals surface area (Å²) in [5.74, 6) is 6.31. The lowest BCUT2D eigenvalue weighted by molar-refractivity contribution is 0.153. The van der Waals surface area contributed by atoms with Crippen LogP contribution in [0.4, 0.5) is 4.79 Å². The number of ether oxygens (including phenoxy) is 1. The maximum absolute atomic E-state index is 11.1. The average Bonchev–Trinajstić information content (AvgIpc) is 3.94. The Kier molecular flexibility index (Phi) is 40.1. The van der Waals surface area contributed by atoms with Crippen LogP contribution in [0.15, 0.2) is 23.4 Å². The molecule has 0 spiro atoms. The number of H-pyrrole nitrogens is 2. The highest BCUT2D eigenvalue weighted by molar-refractivity contribution is 14.1. The quantitative estimate of drug-likeness (QED) is 0.0219. The second kappa shape index (κ2) is 38.1. The predicted octanol–water partition coefficient (Wildman–Crippen LogP) is 16.7. The Morgan fingerprint density at radius 2 is 1.09 bits per heavy atom. The zero-order valence-corrected chi connectivity index (χ0v) is 62.1. The zero-order chi connectivity index (χ0) is 69.1. The van der Waals surface area contributed by atoms with Crippen molar-refractivity contribution in [3.05, 3.63) is 27.0 Å². The summed E-state index contributed by atoms with van der Waals surface area (Å²) >= 11 is 9.60. The van der Waals surface area contributed by atoms with Gasteiger partial charge in [-0.3, -0.25) is 9.51 Å². The minimum absolute atomic E-state index is 0.00850. The topological polar surface area (TPSA) is 323 Å². The molecule has 0 fully saturated rings. The first kappa shape index (κ1) is 86.2. The van der Waals surface area contributed by atoms with Gasteiger partial charge in [0.05, 0.1) is 19.1 Å². The van der Waals surface area contributed by atoms with Gasteiger partial charge in [0.1, 0.15) is 17.5 Å². The molecule has 1 aliphatic heterocycles. The number of nitrogens with zero attached hydrogens (tertiary/aromatic N) is 5. The minimum atomic E-state index is -1.67. The van der Waals surface area contributed by atoms with Gasteiger partial charge in [-0.05, 0) is 71.3 Å². The summed E-state index contributed by atoms with van der Waals surface area (Å²) in [4.78, 5) is 26.8. The monoisotopic (exact) mass is 1400 g/mol. The summed E-state index contributed by atoms with van der Waals surface area (Å²) in [6.07, 6.45) is 0. The molecule has 0 radical (unpaired) electrons. The Hall–Kier alpha value is -2.22. The van der Waals surface area contributed by atoms with Crippen molar-refractivity contribution in [3.63, 3.8) is 0 Å². The Morgan fingerprint density at radius 1 is 0.768 bits per heavy atom. The Balaban J connectivity index is -0.000000214. The fraction of sp³-hybridized carbons (Fsp3) is 0.855. The van der Waals surface area contributed by atoms with E-state index >= 15 is 0 Å². The summed E-state index contributed by atoms with van der Waals surface area (Å²) in [5, 5.41) is 33.9. The van der Waals surface area contributed by atoms with Crippen LogP contribution in [0.3, 0.4) is 0 Å². The molecule has 2 aromatic rings. The highest BCUT2D eigenvalue weighted by Crippen LogP contribution is 2.47. The van der Waals surface area contributed by atoms with Gasteiger partial charge in [0, 0.05) is 59.4 Å². The van der Waals surface area contributed by atoms with Crippen LogP contribution in [0.25, 0.3) is 0 Å². The highest BCUT2D eigenvalue weighted by Gasteiger charge is 2.43. The van der Waals surface area contributed by atoms with E-state index in [1.54, 1.807) is 22.6 Å². The molecular formula is C55H110Cl3IN10O10S3. The number of hydroxylamine groups is 1. The smallest absolute Gasteiger partial charge is 0.438 e. The third-order valence-corrected chi connectivity index (χ3v) is 12.4. The first-order valence-electron chi connectivity index (χ1n) is 27.2. The van der Waals surface area contributed by atoms with E-state index in [0.717, 1.165) is 5.82 Å². The van der Waals surface area contributed by atoms with E-state index < -0.39 is 36.6 Å². The average molecular weight is 1400 g/mol. The number of alkyl halides is 1. The number of carbonyl (C=O) groups is 1. The Morgan fingerprint density at radius 3 is 1.24 bits per heavy atom. The number of nitriles is 1. The van der Waals surface area contributed by atoms with Crippen molar-refractivity contribution in [1.29, 1.82) is 5.26 Å². The van der Waals surface area contributed by atoms with Gasteiger partial charge in [0.25, 0.3) is 0 Å². The molecule has 0 aromatic carbocycles. The van der Waals surface area contributed by atoms with E-state index in [2.05, 4.69) is 297 Å². The number of halogens is 4. The first-order chi connectivity index (χ1) is 36.9. The molecule has 0 bridgehead atoms. The summed E-state index contributed by atoms with van der Waals surface area (Å²) in [7, 11) is 8.58. The fourth-order valence-electron chi connectivity index (χ4n) is 11.3. The maximum atomic E-state index is 11.1. The molecule has 0 saturated heterocycles. The summed E-state index contributed by atoms with van der Waals surface area (Å²) in [5.41, 5.74) is 8.16. The van der Waals surface area contributed by atoms with E-state index in [1.165, 1.54) is 7.11 Å². The maximum Gasteiger partial charge on any atom is 0.438 e. The number of nitrogens with two attached hydrogens (primary N) is 2. The number of amidine groups is 2. The van der Waals surface area contributed by atoms with Crippen molar-refractivity contribution in [2.45, 2.75) is 220 Å². The van der Waals surface area contributed by atoms with Crippen LogP contribution in [0, 0.1) is 88.1 Å². The lowest BCUT2D eigenvalue weighted by Gasteiger charge is -2.39. The van der Waals surface area contributed by atoms with Crippen molar-refractivity contribution < 1.29 is 44.4 Å². The largest absolute Gasteiger partial charge is 0.457 e. The molecule has 27 heteroatoms. The molecule has 9 N–H and O–H groups in total. The number of nitrogens with one attached hydrogen (secondary N) is 3. The van der Waals surface area contributed by atoms with Crippen LogP contribution < -0.4 is 22.9 Å². The number of hydrogen-bond donors (Lipinski definition) is 7. The standard InChI is InChI=1S/C11H20N2O2.C11H20N2OS.C10H20N2O2S.C10H22N2O.C10H19N.C2H3ClO2.CH3I.Cl2OS.H3NO/c1-10(2,3)7(11(4,5)6)8-12-9(14)15-13-8;1-10(2,3)7(11(4,5)6)8-12-9(15)14-13-8;1-9(2,3)7(10(4,5)6)8-11-14-15(13)12-8;1-9(2,3)7(8(11)12-13)10(4,5)6;1-9(2,3)8(7-11)10(4,5)6;1-5-2(3)4;1-2;1-4(2)3;1-2/h7H,1-6H3,(H,12,13,14);7H,1-6H3,(H,12,13,15);7H,1-6H3,(H,11,12);7,13H,1-6H3,(H2,11,12);8H,1-6H3;1H3;1H3;;2H,1H2/i;;;;;;1TD;;. The molecule has 486 valence electrons. The first-order valence-corrected chi connectivity index (χ1v) is 31.9. The van der Waals surface area contributed by atoms with Gasteiger partial charge in [-0.1, -0.05) is 241 Å². The highest BCUT2D eigenvalue weighted by atomic mass is 127. The van der Waals surface area contributed by atoms with E-state index in [0.29, 0.717) is 17.5 Å². The van der Waals surface area contributed by atoms with E-state index in [1.807, 2.05) is 0 Å². The van der Waals surface area contributed by atoms with Crippen LogP contribution in [0.1, 0.15) is 234 Å². The van der Waals surface area contributed by atoms with Crippen molar-refractivity contribution in [2.75, 3.05) is 12.0 Å². The fourth-order valence-corrected chi connectivity index (χ4v) is 12.0. The number of oxime groups is 1. The lowest BCUT2D eigenvalue weighted by Crippen LogP contribution is -2.43. The molecule has 2 unspecified atom stereocenters. The molecule has 0 amide bonds. The third kappa shape index (κ3) is 40.2. The van der Waals surface area contributed by atoms with Crippen LogP contribution in [-0.4, -0.2) is 68.2 Å². The van der Waals surface area contributed by atoms with Gasteiger partial charge in [-0.2, -0.15) is 14.5 Å². The Bertz CT molecular complexity index is 2280. The van der Waals surface area contributed by atoms with Gasteiger partial charge in [-0.25, -0.2) is 34.5 Å². The van der Waals surface area contributed by atoms with E-state index in [-0.39, 0.29) is 88.6 Å². The minimum Gasteiger partial charge on any atom is -0.457 e. The normalized spacial score (nSPS) is 15.0. The van der Waals surface area contributed by atoms with E-state index in [9.17, 15) is 13.8 Å². The van der Waals surface area contributed by atoms with Gasteiger partial charge in [0.2, 0.25) is 9.23 Å².